The number of hydrogen-bond acceptors (Lipinski definition) is 6. The van der Waals surface area contributed by atoms with E-state index in [9.17, 15) is 14.9 Å². The normalized spacial score (nSPS) is 11.5. The molecule has 1 aromatic rings. The van der Waals surface area contributed by atoms with Crippen LogP contribution in [0, 0.1) is 21.4 Å². The minimum atomic E-state index is -0.734. The summed E-state index contributed by atoms with van der Waals surface area (Å²) >= 11 is 0. The average molecular weight is 292 g/mol. The molecule has 0 aliphatic heterocycles. The van der Waals surface area contributed by atoms with Crippen molar-refractivity contribution in [1.29, 1.82) is 5.26 Å². The highest BCUT2D eigenvalue weighted by atomic mass is 16.6. The largest absolute Gasteiger partial charge is 0.385 e. The monoisotopic (exact) mass is 292 g/mol. The topological polar surface area (TPSA) is 131 Å². The Bertz CT molecular complexity index is 568. The van der Waals surface area contributed by atoms with Gasteiger partial charge in [-0.05, 0) is 18.9 Å². The van der Waals surface area contributed by atoms with Crippen molar-refractivity contribution in [2.24, 2.45) is 5.73 Å². The van der Waals surface area contributed by atoms with Gasteiger partial charge in [0.15, 0.2) is 0 Å². The number of methoxy groups -OCH3 is 1. The van der Waals surface area contributed by atoms with E-state index in [4.69, 9.17) is 15.7 Å². The maximum absolute atomic E-state index is 11.9. The van der Waals surface area contributed by atoms with E-state index in [2.05, 4.69) is 5.32 Å². The first-order valence-corrected chi connectivity index (χ1v) is 6.23. The van der Waals surface area contributed by atoms with E-state index in [0.717, 1.165) is 6.07 Å². The second-order valence-corrected chi connectivity index (χ2v) is 4.33. The maximum Gasteiger partial charge on any atom is 0.270 e. The van der Waals surface area contributed by atoms with Crippen LogP contribution in [0.15, 0.2) is 18.2 Å². The summed E-state index contributed by atoms with van der Waals surface area (Å²) in [5, 5.41) is 22.1. The SMILES string of the molecule is COCCCC(N)C(=O)Nc1ccc([N+](=O)[O-])cc1C#N. The third-order valence-corrected chi connectivity index (χ3v) is 2.79. The minimum absolute atomic E-state index is 0.0154. The standard InChI is InChI=1S/C13H16N4O4/c1-21-6-2-3-11(15)13(18)16-12-5-4-10(17(19)20)7-9(12)8-14/h4-5,7,11H,2-3,6,15H2,1H3,(H,16,18). The molecule has 0 bridgehead atoms. The van der Waals surface area contributed by atoms with Gasteiger partial charge in [0.1, 0.15) is 6.07 Å². The molecule has 0 heterocycles. The highest BCUT2D eigenvalue weighted by Crippen LogP contribution is 2.21. The number of nitrogens with one attached hydrogen (secondary N) is 1. The van der Waals surface area contributed by atoms with Gasteiger partial charge in [0.05, 0.1) is 22.2 Å². The molecule has 0 aliphatic rings. The number of carbonyl (C=O) groups is 1. The fraction of sp³-hybridized carbons (Fsp3) is 0.385. The molecule has 0 fully saturated rings. The van der Waals surface area contributed by atoms with Gasteiger partial charge in [0, 0.05) is 25.8 Å². The van der Waals surface area contributed by atoms with E-state index < -0.39 is 16.9 Å². The Hall–Kier alpha value is -2.50. The Balaban J connectivity index is 2.76. The summed E-state index contributed by atoms with van der Waals surface area (Å²) in [4.78, 5) is 21.9. The highest BCUT2D eigenvalue weighted by molar-refractivity contribution is 5.95. The predicted molar refractivity (Wildman–Crippen MR) is 75.5 cm³/mol. The van der Waals surface area contributed by atoms with Crippen molar-refractivity contribution < 1.29 is 14.5 Å². The summed E-state index contributed by atoms with van der Waals surface area (Å²) in [6, 6.07) is 4.71. The molecule has 1 rings (SSSR count). The Morgan fingerprint density at radius 2 is 2.33 bits per heavy atom. The Morgan fingerprint density at radius 1 is 1.62 bits per heavy atom. The highest BCUT2D eigenvalue weighted by Gasteiger charge is 2.16. The third kappa shape index (κ3) is 4.83. The number of hydrogen-bond donors (Lipinski definition) is 2. The number of nitrogens with zero attached hydrogens (tertiary/aromatic N) is 2. The summed E-state index contributed by atoms with van der Waals surface area (Å²) in [6.45, 7) is 0.502. The number of amides is 1. The van der Waals surface area contributed by atoms with Gasteiger partial charge < -0.3 is 15.8 Å². The Labute approximate surface area is 121 Å². The minimum Gasteiger partial charge on any atom is -0.385 e. The molecule has 112 valence electrons. The zero-order valence-corrected chi connectivity index (χ0v) is 11.5. The van der Waals surface area contributed by atoms with Gasteiger partial charge in [-0.25, -0.2) is 0 Å². The van der Waals surface area contributed by atoms with Crippen LogP contribution in [-0.2, 0) is 9.53 Å². The van der Waals surface area contributed by atoms with E-state index >= 15 is 0 Å². The molecule has 0 saturated carbocycles. The van der Waals surface area contributed by atoms with Gasteiger partial charge in [-0.1, -0.05) is 0 Å². The molecule has 0 aromatic heterocycles. The van der Waals surface area contributed by atoms with Crippen molar-refractivity contribution in [3.05, 3.63) is 33.9 Å². The number of carbonyl (C=O) groups excluding carboxylic acids is 1. The molecule has 0 aliphatic carbocycles. The summed E-state index contributed by atoms with van der Waals surface area (Å²) in [5.74, 6) is -0.448. The second kappa shape index (κ2) is 7.94. The average Bonchev–Trinajstić information content (AvgIpc) is 2.47. The molecular weight excluding hydrogens is 276 g/mol. The van der Waals surface area contributed by atoms with Crippen LogP contribution in [0.5, 0.6) is 0 Å². The number of nitrogens with two attached hydrogens (primary N) is 1. The van der Waals surface area contributed by atoms with Gasteiger partial charge in [0.2, 0.25) is 5.91 Å². The fourth-order valence-electron chi connectivity index (χ4n) is 1.65. The first-order valence-electron chi connectivity index (χ1n) is 6.23. The summed E-state index contributed by atoms with van der Waals surface area (Å²) < 4.78 is 4.87. The van der Waals surface area contributed by atoms with E-state index in [1.807, 2.05) is 6.07 Å². The third-order valence-electron chi connectivity index (χ3n) is 2.79. The van der Waals surface area contributed by atoms with Gasteiger partial charge in [-0.3, -0.25) is 14.9 Å². The number of nitro groups is 1. The first kappa shape index (κ1) is 16.6. The van der Waals surface area contributed by atoms with Gasteiger partial charge >= 0.3 is 0 Å². The molecule has 8 heteroatoms. The zero-order valence-electron chi connectivity index (χ0n) is 11.5. The van der Waals surface area contributed by atoms with Crippen molar-refractivity contribution in [2.45, 2.75) is 18.9 Å². The Kier molecular flexibility index (Phi) is 6.26. The van der Waals surface area contributed by atoms with Crippen molar-refractivity contribution in [2.75, 3.05) is 19.0 Å². The lowest BCUT2D eigenvalue weighted by molar-refractivity contribution is -0.384. The second-order valence-electron chi connectivity index (χ2n) is 4.33. The van der Waals surface area contributed by atoms with Crippen LogP contribution in [-0.4, -0.2) is 30.6 Å². The number of nitro benzene ring substituents is 1. The molecule has 0 spiro atoms. The molecule has 8 nitrogen and oxygen atoms in total. The van der Waals surface area contributed by atoms with Gasteiger partial charge in [-0.2, -0.15) is 5.26 Å². The summed E-state index contributed by atoms with van der Waals surface area (Å²) in [5.41, 5.74) is 5.72. The quantitative estimate of drug-likeness (QED) is 0.440. The van der Waals surface area contributed by atoms with Crippen LogP contribution in [0.2, 0.25) is 0 Å². The van der Waals surface area contributed by atoms with Crippen molar-refractivity contribution in [3.63, 3.8) is 0 Å². The molecule has 21 heavy (non-hydrogen) atoms. The lowest BCUT2D eigenvalue weighted by Crippen LogP contribution is -2.35. The van der Waals surface area contributed by atoms with Crippen molar-refractivity contribution in [1.82, 2.24) is 0 Å². The number of anilines is 1. The van der Waals surface area contributed by atoms with E-state index in [-0.39, 0.29) is 16.9 Å². The predicted octanol–water partition coefficient (Wildman–Crippen LogP) is 1.16. The number of non-ortho nitro benzene ring substituents is 1. The molecule has 1 aromatic carbocycles. The van der Waals surface area contributed by atoms with Crippen LogP contribution >= 0.6 is 0 Å². The van der Waals surface area contributed by atoms with Crippen molar-refractivity contribution >= 4 is 17.3 Å². The van der Waals surface area contributed by atoms with Crippen LogP contribution < -0.4 is 11.1 Å². The zero-order chi connectivity index (χ0) is 15.8. The number of nitriles is 1. The maximum atomic E-state index is 11.9. The number of rotatable bonds is 7. The Morgan fingerprint density at radius 3 is 2.90 bits per heavy atom. The van der Waals surface area contributed by atoms with Gasteiger partial charge in [-0.15, -0.1) is 0 Å². The van der Waals surface area contributed by atoms with Crippen LogP contribution in [0.25, 0.3) is 0 Å². The molecule has 0 radical (unpaired) electrons. The van der Waals surface area contributed by atoms with Gasteiger partial charge in [0.25, 0.3) is 5.69 Å². The van der Waals surface area contributed by atoms with E-state index in [1.165, 1.54) is 12.1 Å². The first-order chi connectivity index (χ1) is 9.99. The summed E-state index contributed by atoms with van der Waals surface area (Å²) in [6.07, 6.45) is 1.07. The number of benzene rings is 1. The van der Waals surface area contributed by atoms with Crippen LogP contribution in [0.1, 0.15) is 18.4 Å². The smallest absolute Gasteiger partial charge is 0.270 e. The van der Waals surface area contributed by atoms with E-state index in [0.29, 0.717) is 19.4 Å². The summed E-state index contributed by atoms with van der Waals surface area (Å²) in [7, 11) is 1.56. The van der Waals surface area contributed by atoms with Crippen molar-refractivity contribution in [3.8, 4) is 6.07 Å². The molecule has 0 saturated heterocycles. The lowest BCUT2D eigenvalue weighted by Gasteiger charge is -2.12. The number of ether oxygens (including phenoxy) is 1. The molecule has 1 amide bonds. The lowest BCUT2D eigenvalue weighted by atomic mass is 10.1. The van der Waals surface area contributed by atoms with E-state index in [1.54, 1.807) is 7.11 Å². The molecular formula is C13H16N4O4. The molecule has 1 atom stereocenters. The van der Waals surface area contributed by atoms with Crippen LogP contribution in [0.3, 0.4) is 0 Å². The van der Waals surface area contributed by atoms with Crippen LogP contribution in [0.4, 0.5) is 11.4 Å². The molecule has 3 N–H and O–H groups in total. The fourth-order valence-corrected chi connectivity index (χ4v) is 1.65. The molecule has 1 unspecified atom stereocenters.